The van der Waals surface area contributed by atoms with Gasteiger partial charge >= 0.3 is 0 Å². The molecule has 20 heavy (non-hydrogen) atoms. The molecule has 1 fully saturated rings. The number of aromatic nitrogens is 2. The third-order valence-corrected chi connectivity index (χ3v) is 4.34. The molecule has 2 N–H and O–H groups in total. The van der Waals surface area contributed by atoms with Gasteiger partial charge in [0.1, 0.15) is 5.82 Å². The third kappa shape index (κ3) is 3.40. The van der Waals surface area contributed by atoms with E-state index >= 15 is 0 Å². The maximum atomic E-state index is 4.66. The zero-order chi connectivity index (χ0) is 13.8. The van der Waals surface area contributed by atoms with Crippen LogP contribution in [-0.4, -0.2) is 22.6 Å². The van der Waals surface area contributed by atoms with Crippen LogP contribution in [0.15, 0.2) is 18.2 Å². The molecule has 1 aromatic carbocycles. The zero-order valence-corrected chi connectivity index (χ0v) is 12.4. The van der Waals surface area contributed by atoms with Crippen LogP contribution in [0.2, 0.25) is 0 Å². The van der Waals surface area contributed by atoms with Crippen LogP contribution in [0.1, 0.15) is 49.9 Å². The summed E-state index contributed by atoms with van der Waals surface area (Å²) in [6.07, 6.45) is 9.30. The first-order valence-corrected chi connectivity index (χ1v) is 8.00. The number of hydrogen-bond acceptors (Lipinski definition) is 2. The Kier molecular flexibility index (Phi) is 4.36. The van der Waals surface area contributed by atoms with Gasteiger partial charge in [0.05, 0.1) is 11.0 Å². The van der Waals surface area contributed by atoms with Crippen LogP contribution in [0.3, 0.4) is 0 Å². The predicted molar refractivity (Wildman–Crippen MR) is 84.0 cm³/mol. The van der Waals surface area contributed by atoms with E-state index in [1.807, 2.05) is 0 Å². The lowest BCUT2D eigenvalue weighted by Gasteiger charge is -2.15. The topological polar surface area (TPSA) is 40.7 Å². The van der Waals surface area contributed by atoms with E-state index in [9.17, 15) is 0 Å². The van der Waals surface area contributed by atoms with E-state index < -0.39 is 0 Å². The molecular weight excluding hydrogens is 246 g/mol. The van der Waals surface area contributed by atoms with Crippen molar-refractivity contribution >= 4 is 11.0 Å². The van der Waals surface area contributed by atoms with Gasteiger partial charge in [0.15, 0.2) is 0 Å². The molecular formula is C17H25N3. The summed E-state index contributed by atoms with van der Waals surface area (Å²) >= 11 is 0. The first-order valence-electron chi connectivity index (χ1n) is 8.00. The number of aromatic amines is 1. The Bertz CT molecular complexity index is 550. The van der Waals surface area contributed by atoms with Crippen LogP contribution in [0, 0.1) is 6.92 Å². The first kappa shape index (κ1) is 13.6. The molecule has 0 aliphatic heterocycles. The molecule has 0 saturated heterocycles. The summed E-state index contributed by atoms with van der Waals surface area (Å²) in [6.45, 7) is 3.15. The lowest BCUT2D eigenvalue weighted by atomic mass is 10.1. The summed E-state index contributed by atoms with van der Waals surface area (Å²) in [5, 5.41) is 3.71. The lowest BCUT2D eigenvalue weighted by molar-refractivity contribution is 0.461. The number of fused-ring (bicyclic) bond motifs is 1. The van der Waals surface area contributed by atoms with Gasteiger partial charge in [-0.2, -0.15) is 0 Å². The number of aryl methyl sites for hydroxylation is 1. The van der Waals surface area contributed by atoms with Crippen molar-refractivity contribution in [1.29, 1.82) is 0 Å². The molecule has 1 aliphatic carbocycles. The van der Waals surface area contributed by atoms with Crippen LogP contribution in [0.25, 0.3) is 11.0 Å². The number of H-pyrrole nitrogens is 1. The summed E-state index contributed by atoms with van der Waals surface area (Å²) in [4.78, 5) is 8.09. The van der Waals surface area contributed by atoms with Crippen LogP contribution < -0.4 is 5.32 Å². The molecule has 1 aliphatic rings. The smallest absolute Gasteiger partial charge is 0.108 e. The van der Waals surface area contributed by atoms with Crippen molar-refractivity contribution in [1.82, 2.24) is 15.3 Å². The van der Waals surface area contributed by atoms with Gasteiger partial charge in [0.2, 0.25) is 0 Å². The van der Waals surface area contributed by atoms with E-state index in [-0.39, 0.29) is 0 Å². The highest BCUT2D eigenvalue weighted by molar-refractivity contribution is 5.75. The Hall–Kier alpha value is -1.35. The van der Waals surface area contributed by atoms with E-state index in [0.717, 1.165) is 35.9 Å². The molecule has 1 heterocycles. The molecule has 0 amide bonds. The SMILES string of the molecule is Cc1ccc2nc(CCNC3CCCCCC3)[nH]c2c1. The van der Waals surface area contributed by atoms with Gasteiger partial charge in [-0.15, -0.1) is 0 Å². The number of nitrogens with one attached hydrogen (secondary N) is 2. The number of rotatable bonds is 4. The highest BCUT2D eigenvalue weighted by Gasteiger charge is 2.11. The molecule has 2 aromatic rings. The Morgan fingerprint density at radius 2 is 2.00 bits per heavy atom. The van der Waals surface area contributed by atoms with Gasteiger partial charge in [0.25, 0.3) is 0 Å². The van der Waals surface area contributed by atoms with Crippen molar-refractivity contribution in [3.05, 3.63) is 29.6 Å². The third-order valence-electron chi connectivity index (χ3n) is 4.34. The standard InChI is InChI=1S/C17H25N3/c1-13-8-9-15-16(12-13)20-17(19-15)10-11-18-14-6-4-2-3-5-7-14/h8-9,12,14,18H,2-7,10-11H2,1H3,(H,19,20). The van der Waals surface area contributed by atoms with Gasteiger partial charge in [-0.3, -0.25) is 0 Å². The van der Waals surface area contributed by atoms with Crippen LogP contribution in [0.5, 0.6) is 0 Å². The molecule has 0 spiro atoms. The van der Waals surface area contributed by atoms with Crippen LogP contribution >= 0.6 is 0 Å². The average Bonchev–Trinajstić information content (AvgIpc) is 2.66. The van der Waals surface area contributed by atoms with Crippen molar-refractivity contribution in [3.63, 3.8) is 0 Å². The number of nitrogens with zero attached hydrogens (tertiary/aromatic N) is 1. The summed E-state index contributed by atoms with van der Waals surface area (Å²) in [6, 6.07) is 7.12. The number of imidazole rings is 1. The van der Waals surface area contributed by atoms with Gasteiger partial charge in [-0.25, -0.2) is 4.98 Å². The first-order chi connectivity index (χ1) is 9.81. The maximum Gasteiger partial charge on any atom is 0.108 e. The molecule has 0 atom stereocenters. The van der Waals surface area contributed by atoms with Crippen molar-refractivity contribution in [2.45, 2.75) is 57.9 Å². The second-order valence-corrected chi connectivity index (χ2v) is 6.10. The van der Waals surface area contributed by atoms with Gasteiger partial charge in [-0.05, 0) is 37.5 Å². The van der Waals surface area contributed by atoms with E-state index in [0.29, 0.717) is 0 Å². The quantitative estimate of drug-likeness (QED) is 0.832. The monoisotopic (exact) mass is 271 g/mol. The predicted octanol–water partition coefficient (Wildman–Crippen LogP) is 3.73. The molecule has 0 bridgehead atoms. The van der Waals surface area contributed by atoms with Gasteiger partial charge in [0, 0.05) is 19.0 Å². The molecule has 3 rings (SSSR count). The summed E-state index contributed by atoms with van der Waals surface area (Å²) in [5.41, 5.74) is 3.53. The molecule has 0 unspecified atom stereocenters. The Morgan fingerprint density at radius 1 is 1.20 bits per heavy atom. The van der Waals surface area contributed by atoms with Crippen molar-refractivity contribution in [3.8, 4) is 0 Å². The fraction of sp³-hybridized carbons (Fsp3) is 0.588. The normalized spacial score (nSPS) is 17.4. The van der Waals surface area contributed by atoms with Crippen LogP contribution in [0.4, 0.5) is 0 Å². The van der Waals surface area contributed by atoms with E-state index in [1.54, 1.807) is 0 Å². The molecule has 3 heteroatoms. The maximum absolute atomic E-state index is 4.66. The molecule has 108 valence electrons. The van der Waals surface area contributed by atoms with E-state index in [2.05, 4.69) is 40.4 Å². The number of hydrogen-bond donors (Lipinski definition) is 2. The van der Waals surface area contributed by atoms with E-state index in [4.69, 9.17) is 0 Å². The fourth-order valence-corrected chi connectivity index (χ4v) is 3.17. The summed E-state index contributed by atoms with van der Waals surface area (Å²) in [7, 11) is 0. The van der Waals surface area contributed by atoms with E-state index in [1.165, 1.54) is 44.1 Å². The van der Waals surface area contributed by atoms with Gasteiger partial charge in [-0.1, -0.05) is 31.7 Å². The Labute approximate surface area is 121 Å². The Balaban J connectivity index is 1.54. The second kappa shape index (κ2) is 6.40. The second-order valence-electron chi connectivity index (χ2n) is 6.10. The molecule has 0 radical (unpaired) electrons. The molecule has 1 aromatic heterocycles. The fourth-order valence-electron chi connectivity index (χ4n) is 3.17. The minimum atomic E-state index is 0.726. The van der Waals surface area contributed by atoms with Crippen molar-refractivity contribution in [2.75, 3.05) is 6.54 Å². The average molecular weight is 271 g/mol. The van der Waals surface area contributed by atoms with Crippen molar-refractivity contribution in [2.24, 2.45) is 0 Å². The summed E-state index contributed by atoms with van der Waals surface area (Å²) in [5.74, 6) is 1.10. The molecule has 3 nitrogen and oxygen atoms in total. The van der Waals surface area contributed by atoms with Crippen molar-refractivity contribution < 1.29 is 0 Å². The highest BCUT2D eigenvalue weighted by Crippen LogP contribution is 2.17. The number of benzene rings is 1. The Morgan fingerprint density at radius 3 is 2.80 bits per heavy atom. The zero-order valence-electron chi connectivity index (χ0n) is 12.4. The van der Waals surface area contributed by atoms with Gasteiger partial charge < -0.3 is 10.3 Å². The highest BCUT2D eigenvalue weighted by atomic mass is 14.9. The minimum absolute atomic E-state index is 0.726. The molecule has 1 saturated carbocycles. The largest absolute Gasteiger partial charge is 0.342 e. The summed E-state index contributed by atoms with van der Waals surface area (Å²) < 4.78 is 0. The van der Waals surface area contributed by atoms with Crippen LogP contribution in [-0.2, 0) is 6.42 Å². The lowest BCUT2D eigenvalue weighted by Crippen LogP contribution is -2.30. The minimum Gasteiger partial charge on any atom is -0.342 e.